The normalized spacial score (nSPS) is 10.2. The molecule has 0 aliphatic carbocycles. The first-order valence-electron chi connectivity index (χ1n) is 10.7. The van der Waals surface area contributed by atoms with E-state index in [-0.39, 0.29) is 58.9 Å². The van der Waals surface area contributed by atoms with Gasteiger partial charge in [-0.25, -0.2) is 6.07 Å². The van der Waals surface area contributed by atoms with Crippen LogP contribution in [0.1, 0.15) is 84.9 Å². The summed E-state index contributed by atoms with van der Waals surface area (Å²) < 4.78 is 0. The Morgan fingerprint density at radius 1 is 0.733 bits per heavy atom. The Morgan fingerprint density at radius 2 is 1.23 bits per heavy atom. The van der Waals surface area contributed by atoms with Gasteiger partial charge >= 0.3 is 21.7 Å². The van der Waals surface area contributed by atoms with E-state index in [4.69, 9.17) is 0 Å². The maximum atomic E-state index is 2.49. The van der Waals surface area contributed by atoms with Crippen molar-refractivity contribution in [2.75, 3.05) is 0 Å². The minimum Gasteiger partial charge on any atom is -1.00 e. The summed E-state index contributed by atoms with van der Waals surface area (Å²) in [7, 11) is -0.415. The summed E-state index contributed by atoms with van der Waals surface area (Å²) in [6, 6.07) is 4.95. The van der Waals surface area contributed by atoms with Crippen LogP contribution in [-0.2, 0) is 34.6 Å². The molecule has 0 spiro atoms. The van der Waals surface area contributed by atoms with E-state index in [1.807, 2.05) is 0 Å². The average Bonchev–Trinajstić information content (AvgIpc) is 3.02. The largest absolute Gasteiger partial charge is 4.00 e. The number of halogens is 3. The van der Waals surface area contributed by atoms with E-state index in [2.05, 4.69) is 60.6 Å². The maximum Gasteiger partial charge on any atom is 4.00 e. The summed E-state index contributed by atoms with van der Waals surface area (Å²) in [5, 5.41) is 3.42. The molecular formula is C25H39Cl3SiTi. The molecule has 0 amide bonds. The molecule has 2 aromatic rings. The van der Waals surface area contributed by atoms with Gasteiger partial charge in [0.2, 0.25) is 0 Å². The zero-order valence-electron chi connectivity index (χ0n) is 19.9. The van der Waals surface area contributed by atoms with Gasteiger partial charge in [-0.05, 0) is 62.4 Å². The van der Waals surface area contributed by atoms with E-state index >= 15 is 0 Å². The summed E-state index contributed by atoms with van der Waals surface area (Å²) in [4.78, 5) is 0. The molecule has 0 atom stereocenters. The summed E-state index contributed by atoms with van der Waals surface area (Å²) in [5.41, 5.74) is 11.0. The van der Waals surface area contributed by atoms with Crippen LogP contribution in [0, 0.1) is 34.6 Å². The van der Waals surface area contributed by atoms with E-state index in [1.165, 1.54) is 61.6 Å². The molecule has 0 N–H and O–H groups in total. The maximum absolute atomic E-state index is 2.49. The molecule has 0 aliphatic rings. The van der Waals surface area contributed by atoms with Gasteiger partial charge in [0.05, 0.1) is 0 Å². The molecule has 0 heterocycles. The number of rotatable bonds is 9. The fourth-order valence-corrected chi connectivity index (χ4v) is 6.58. The monoisotopic (exact) mass is 520 g/mol. The summed E-state index contributed by atoms with van der Waals surface area (Å²) in [6.07, 6.45) is 9.21. The molecule has 0 aromatic heterocycles. The Morgan fingerprint density at radius 3 is 1.73 bits per heavy atom. The number of aryl methyl sites for hydroxylation is 1. The fourth-order valence-electron chi connectivity index (χ4n) is 4.28. The van der Waals surface area contributed by atoms with Crippen molar-refractivity contribution < 1.29 is 58.9 Å². The van der Waals surface area contributed by atoms with Crippen LogP contribution in [0.3, 0.4) is 0 Å². The minimum absolute atomic E-state index is 0. The number of hydrogen-bond donors (Lipinski definition) is 0. The summed E-state index contributed by atoms with van der Waals surface area (Å²) in [6.45, 7) is 16.2. The Bertz CT molecular complexity index is 724. The zero-order valence-corrected chi connectivity index (χ0v) is 25.2. The van der Waals surface area contributed by atoms with Crippen LogP contribution in [-0.4, -0.2) is 9.52 Å². The van der Waals surface area contributed by atoms with Crippen molar-refractivity contribution in [1.29, 1.82) is 0 Å². The molecule has 168 valence electrons. The van der Waals surface area contributed by atoms with Crippen molar-refractivity contribution in [2.24, 2.45) is 0 Å². The second kappa shape index (κ2) is 16.9. The second-order valence-electron chi connectivity index (χ2n) is 8.20. The smallest absolute Gasteiger partial charge is 1.00 e. The second-order valence-corrected chi connectivity index (χ2v) is 10.0. The van der Waals surface area contributed by atoms with Crippen molar-refractivity contribution in [1.82, 2.24) is 0 Å². The Labute approximate surface area is 222 Å². The van der Waals surface area contributed by atoms with Gasteiger partial charge in [-0.1, -0.05) is 64.0 Å². The third-order valence-electron chi connectivity index (χ3n) is 6.61. The first-order chi connectivity index (χ1) is 12.4. The molecule has 2 aromatic carbocycles. The van der Waals surface area contributed by atoms with Crippen LogP contribution in [0.25, 0.3) is 0 Å². The van der Waals surface area contributed by atoms with Crippen molar-refractivity contribution in [3.63, 3.8) is 0 Å². The first kappa shape index (κ1) is 35.0. The Kier molecular flexibility index (Phi) is 19.7. The van der Waals surface area contributed by atoms with Gasteiger partial charge in [-0.15, -0.1) is 0 Å². The fraction of sp³-hybridized carbons (Fsp3) is 0.560. The Hall–Kier alpha value is 0.371. The predicted octanol–water partition coefficient (Wildman–Crippen LogP) is -3.85. The van der Waals surface area contributed by atoms with Gasteiger partial charge in [0, 0.05) is 9.52 Å². The Balaban J connectivity index is -0.00000182. The van der Waals surface area contributed by atoms with Crippen LogP contribution >= 0.6 is 0 Å². The van der Waals surface area contributed by atoms with Gasteiger partial charge < -0.3 is 37.2 Å². The molecule has 0 fully saturated rings. The number of unbranched alkanes of at least 4 members (excludes halogenated alkanes) is 3. The van der Waals surface area contributed by atoms with Gasteiger partial charge in [-0.3, -0.25) is 0 Å². The standard InChI is InChI=1S/C25H39Si.3ClH.Ti/c1-8-10-12-13-22-15-16-24(23(22)14-11-9-2)26-25-20(6)18(4)17(3)19(5)21(25)7;;;;/h15-16H,8-14,26H2,1-7H3;3*1H;/q-1;;;;+4/p-3. The third-order valence-corrected chi connectivity index (χ3v) is 9.07. The van der Waals surface area contributed by atoms with Crippen molar-refractivity contribution in [2.45, 2.75) is 93.4 Å². The van der Waals surface area contributed by atoms with Crippen molar-refractivity contribution >= 4 is 19.9 Å². The number of benzene rings is 1. The molecule has 0 bridgehead atoms. The summed E-state index contributed by atoms with van der Waals surface area (Å²) >= 11 is 0. The molecule has 0 nitrogen and oxygen atoms in total. The molecule has 0 radical (unpaired) electrons. The van der Waals surface area contributed by atoms with Gasteiger partial charge in [0.15, 0.2) is 0 Å². The third kappa shape index (κ3) is 8.38. The summed E-state index contributed by atoms with van der Waals surface area (Å²) in [5.74, 6) is 0. The van der Waals surface area contributed by atoms with Crippen LogP contribution in [0.4, 0.5) is 0 Å². The molecule has 0 saturated carbocycles. The predicted molar refractivity (Wildman–Crippen MR) is 122 cm³/mol. The van der Waals surface area contributed by atoms with Gasteiger partial charge in [0.1, 0.15) is 0 Å². The topological polar surface area (TPSA) is 0 Å². The van der Waals surface area contributed by atoms with E-state index in [0.717, 1.165) is 0 Å². The SMILES string of the molecule is CCCCC[c-]1ccc([SiH2]c2c(C)c(C)c(C)c(C)c2C)c1CCCC.[Cl-].[Cl-].[Cl-].[Ti+4]. The van der Waals surface area contributed by atoms with Gasteiger partial charge in [0.25, 0.3) is 0 Å². The van der Waals surface area contributed by atoms with Gasteiger partial charge in [-0.2, -0.15) is 22.4 Å². The molecule has 2 rings (SSSR count). The van der Waals surface area contributed by atoms with Crippen LogP contribution in [0.2, 0.25) is 0 Å². The first-order valence-corrected chi connectivity index (χ1v) is 12.2. The van der Waals surface area contributed by atoms with E-state index < -0.39 is 9.52 Å². The molecule has 30 heavy (non-hydrogen) atoms. The molecular weight excluding hydrogens is 483 g/mol. The van der Waals surface area contributed by atoms with Crippen LogP contribution < -0.4 is 47.6 Å². The minimum atomic E-state index is -0.415. The van der Waals surface area contributed by atoms with Crippen molar-refractivity contribution in [3.8, 4) is 0 Å². The van der Waals surface area contributed by atoms with E-state index in [9.17, 15) is 0 Å². The molecule has 0 saturated heterocycles. The van der Waals surface area contributed by atoms with E-state index in [0.29, 0.717) is 0 Å². The average molecular weight is 522 g/mol. The zero-order chi connectivity index (χ0) is 19.3. The quantitative estimate of drug-likeness (QED) is 0.180. The molecule has 0 aliphatic heterocycles. The molecule has 0 unspecified atom stereocenters. The number of hydrogen-bond acceptors (Lipinski definition) is 0. The van der Waals surface area contributed by atoms with Crippen molar-refractivity contribution in [3.05, 3.63) is 51.1 Å². The van der Waals surface area contributed by atoms with Crippen LogP contribution in [0.15, 0.2) is 12.1 Å². The van der Waals surface area contributed by atoms with E-state index in [1.54, 1.807) is 32.6 Å². The molecule has 5 heteroatoms. The van der Waals surface area contributed by atoms with Crippen LogP contribution in [0.5, 0.6) is 0 Å².